The Kier molecular flexibility index (Phi) is 5.86. The number of benzene rings is 1. The van der Waals surface area contributed by atoms with Crippen molar-refractivity contribution >= 4 is 21.9 Å². The average Bonchev–Trinajstić information content (AvgIpc) is 2.29. The third-order valence-corrected chi connectivity index (χ3v) is 2.60. The summed E-state index contributed by atoms with van der Waals surface area (Å²) >= 11 is 3.31. The molecule has 0 saturated heterocycles. The number of hydrogen-bond donors (Lipinski definition) is 0. The lowest BCUT2D eigenvalue weighted by Crippen LogP contribution is -1.99. The van der Waals surface area contributed by atoms with Crippen molar-refractivity contribution in [2.24, 2.45) is 0 Å². The summed E-state index contributed by atoms with van der Waals surface area (Å²) in [5, 5.41) is 0. The van der Waals surface area contributed by atoms with Gasteiger partial charge in [0, 0.05) is 4.47 Å². The Hall–Kier alpha value is -1.09. The summed E-state index contributed by atoms with van der Waals surface area (Å²) in [6.07, 6.45) is 6.56. The lowest BCUT2D eigenvalue weighted by Gasteiger charge is -1.99. The first kappa shape index (κ1) is 13.0. The van der Waals surface area contributed by atoms with E-state index in [0.29, 0.717) is 5.56 Å². The molecule has 3 heteroatoms. The van der Waals surface area contributed by atoms with Crippen molar-refractivity contribution in [1.82, 2.24) is 0 Å². The first-order valence-electron chi connectivity index (χ1n) is 5.35. The van der Waals surface area contributed by atoms with Gasteiger partial charge >= 0.3 is 5.97 Å². The van der Waals surface area contributed by atoms with Crippen LogP contribution in [-0.4, -0.2) is 5.97 Å². The molecule has 0 unspecified atom stereocenters. The molecule has 0 fully saturated rings. The van der Waals surface area contributed by atoms with E-state index in [-0.39, 0.29) is 5.97 Å². The lowest BCUT2D eigenvalue weighted by atomic mass is 10.2. The molecule has 16 heavy (non-hydrogen) atoms. The minimum atomic E-state index is -0.319. The second kappa shape index (κ2) is 7.23. The van der Waals surface area contributed by atoms with Gasteiger partial charge in [-0.25, -0.2) is 4.79 Å². The third-order valence-electron chi connectivity index (χ3n) is 2.08. The highest BCUT2D eigenvalue weighted by Gasteiger charge is 2.04. The van der Waals surface area contributed by atoms with Crippen molar-refractivity contribution in [1.29, 1.82) is 0 Å². The molecule has 0 N–H and O–H groups in total. The second-order valence-electron chi connectivity index (χ2n) is 3.43. The summed E-state index contributed by atoms with van der Waals surface area (Å²) in [5.74, 6) is -0.319. The molecule has 0 radical (unpaired) electrons. The molecule has 0 aliphatic rings. The van der Waals surface area contributed by atoms with E-state index in [1.165, 1.54) is 6.26 Å². The summed E-state index contributed by atoms with van der Waals surface area (Å²) in [4.78, 5) is 11.5. The molecule has 0 amide bonds. The molecule has 0 atom stereocenters. The highest BCUT2D eigenvalue weighted by molar-refractivity contribution is 9.10. The molecule has 0 bridgehead atoms. The minimum Gasteiger partial charge on any atom is -0.431 e. The van der Waals surface area contributed by atoms with E-state index in [9.17, 15) is 4.79 Å². The number of halogens is 1. The highest BCUT2D eigenvalue weighted by Crippen LogP contribution is 2.11. The fourth-order valence-corrected chi connectivity index (χ4v) is 1.42. The molecular weight excluding hydrogens is 268 g/mol. The van der Waals surface area contributed by atoms with Crippen LogP contribution in [0.1, 0.15) is 36.5 Å². The van der Waals surface area contributed by atoms with Crippen LogP contribution in [0.5, 0.6) is 0 Å². The van der Waals surface area contributed by atoms with Gasteiger partial charge in [-0.15, -0.1) is 0 Å². The molecule has 86 valence electrons. The maximum atomic E-state index is 11.5. The zero-order chi connectivity index (χ0) is 11.8. The predicted octanol–water partition coefficient (Wildman–Crippen LogP) is 4.31. The molecule has 0 aromatic heterocycles. The Bertz CT molecular complexity index is 355. The molecule has 0 saturated carbocycles. The Morgan fingerprint density at radius 1 is 1.38 bits per heavy atom. The normalized spacial score (nSPS) is 10.6. The van der Waals surface area contributed by atoms with Gasteiger partial charge < -0.3 is 4.74 Å². The zero-order valence-electron chi connectivity index (χ0n) is 9.28. The number of esters is 1. The van der Waals surface area contributed by atoms with E-state index in [1.54, 1.807) is 12.1 Å². The largest absolute Gasteiger partial charge is 0.431 e. The fourth-order valence-electron chi connectivity index (χ4n) is 1.15. The maximum Gasteiger partial charge on any atom is 0.342 e. The Morgan fingerprint density at radius 2 is 2.06 bits per heavy atom. The molecular formula is C13H15BrO2. The van der Waals surface area contributed by atoms with Crippen molar-refractivity contribution in [3.8, 4) is 0 Å². The van der Waals surface area contributed by atoms with Crippen LogP contribution in [0.4, 0.5) is 0 Å². The van der Waals surface area contributed by atoms with Crippen molar-refractivity contribution in [3.63, 3.8) is 0 Å². The van der Waals surface area contributed by atoms with E-state index < -0.39 is 0 Å². The Balaban J connectivity index is 2.40. The monoisotopic (exact) mass is 282 g/mol. The van der Waals surface area contributed by atoms with Gasteiger partial charge in [-0.1, -0.05) is 29.3 Å². The SMILES string of the molecule is CCCC/C=C/OC(=O)c1ccc(Br)cc1. The van der Waals surface area contributed by atoms with Crippen LogP contribution >= 0.6 is 15.9 Å². The summed E-state index contributed by atoms with van der Waals surface area (Å²) in [5.41, 5.74) is 0.559. The van der Waals surface area contributed by atoms with Crippen LogP contribution in [-0.2, 0) is 4.74 Å². The molecule has 1 rings (SSSR count). The van der Waals surface area contributed by atoms with Gasteiger partial charge in [0.25, 0.3) is 0 Å². The van der Waals surface area contributed by atoms with Crippen molar-refractivity contribution in [2.45, 2.75) is 26.2 Å². The van der Waals surface area contributed by atoms with Gasteiger partial charge in [0.2, 0.25) is 0 Å². The predicted molar refractivity (Wildman–Crippen MR) is 68.2 cm³/mol. The Morgan fingerprint density at radius 3 is 2.69 bits per heavy atom. The van der Waals surface area contributed by atoms with Gasteiger partial charge in [-0.05, 0) is 43.2 Å². The van der Waals surface area contributed by atoms with Gasteiger partial charge in [0.15, 0.2) is 0 Å². The van der Waals surface area contributed by atoms with E-state index in [1.807, 2.05) is 18.2 Å². The van der Waals surface area contributed by atoms with Gasteiger partial charge in [-0.2, -0.15) is 0 Å². The summed E-state index contributed by atoms with van der Waals surface area (Å²) in [6, 6.07) is 7.09. The zero-order valence-corrected chi connectivity index (χ0v) is 10.9. The second-order valence-corrected chi connectivity index (χ2v) is 4.34. The van der Waals surface area contributed by atoms with Crippen LogP contribution in [0, 0.1) is 0 Å². The molecule has 0 aliphatic carbocycles. The topological polar surface area (TPSA) is 26.3 Å². The molecule has 0 heterocycles. The van der Waals surface area contributed by atoms with Crippen LogP contribution in [0.15, 0.2) is 41.1 Å². The smallest absolute Gasteiger partial charge is 0.342 e. The molecule has 1 aromatic rings. The van der Waals surface area contributed by atoms with Crippen molar-refractivity contribution in [2.75, 3.05) is 0 Å². The van der Waals surface area contributed by atoms with E-state index in [4.69, 9.17) is 4.74 Å². The van der Waals surface area contributed by atoms with Crippen molar-refractivity contribution < 1.29 is 9.53 Å². The van der Waals surface area contributed by atoms with Crippen LogP contribution < -0.4 is 0 Å². The lowest BCUT2D eigenvalue weighted by molar-refractivity contribution is 0.0662. The van der Waals surface area contributed by atoms with E-state index >= 15 is 0 Å². The number of carbonyl (C=O) groups excluding carboxylic acids is 1. The summed E-state index contributed by atoms with van der Waals surface area (Å²) < 4.78 is 5.93. The van der Waals surface area contributed by atoms with Gasteiger partial charge in [0.1, 0.15) is 0 Å². The number of allylic oxidation sites excluding steroid dienone is 1. The van der Waals surface area contributed by atoms with Crippen LogP contribution in [0.25, 0.3) is 0 Å². The maximum absolute atomic E-state index is 11.5. The third kappa shape index (κ3) is 4.62. The molecule has 0 spiro atoms. The van der Waals surface area contributed by atoms with Crippen molar-refractivity contribution in [3.05, 3.63) is 46.6 Å². The van der Waals surface area contributed by atoms with Gasteiger partial charge in [-0.3, -0.25) is 0 Å². The fraction of sp³-hybridized carbons (Fsp3) is 0.308. The number of ether oxygens (including phenoxy) is 1. The standard InChI is InChI=1S/C13H15BrO2/c1-2-3-4-5-10-16-13(15)11-6-8-12(14)9-7-11/h5-10H,2-4H2,1H3/b10-5+. The van der Waals surface area contributed by atoms with Crippen LogP contribution in [0.3, 0.4) is 0 Å². The summed E-state index contributed by atoms with van der Waals surface area (Å²) in [7, 11) is 0. The van der Waals surface area contributed by atoms with Crippen LogP contribution in [0.2, 0.25) is 0 Å². The minimum absolute atomic E-state index is 0.319. The highest BCUT2D eigenvalue weighted by atomic mass is 79.9. The number of carbonyl (C=O) groups is 1. The van der Waals surface area contributed by atoms with E-state index in [0.717, 1.165) is 23.7 Å². The summed E-state index contributed by atoms with van der Waals surface area (Å²) in [6.45, 7) is 2.13. The van der Waals surface area contributed by atoms with Gasteiger partial charge in [0.05, 0.1) is 11.8 Å². The Labute approximate surface area is 104 Å². The first-order chi connectivity index (χ1) is 7.74. The quantitative estimate of drug-likeness (QED) is 0.457. The molecule has 2 nitrogen and oxygen atoms in total. The number of hydrogen-bond acceptors (Lipinski definition) is 2. The number of unbranched alkanes of at least 4 members (excludes halogenated alkanes) is 2. The number of rotatable bonds is 5. The first-order valence-corrected chi connectivity index (χ1v) is 6.15. The molecule has 1 aromatic carbocycles. The average molecular weight is 283 g/mol. The molecule has 0 aliphatic heterocycles. The van der Waals surface area contributed by atoms with E-state index in [2.05, 4.69) is 22.9 Å².